The second-order valence-corrected chi connectivity index (χ2v) is 7.17. The van der Waals surface area contributed by atoms with Gasteiger partial charge in [-0.05, 0) is 84.9 Å². The van der Waals surface area contributed by atoms with Crippen LogP contribution in [0.2, 0.25) is 0 Å². The van der Waals surface area contributed by atoms with Crippen molar-refractivity contribution in [2.45, 2.75) is 0 Å². The number of pyridine rings is 7. The van der Waals surface area contributed by atoms with E-state index in [9.17, 15) is 0 Å². The SMILES string of the molecule is [I-].[I-].[K+].[Np].[O-2].[O-2].c1ccncc1.c1ccncc1.c1ccncc1.c1ccncc1.c1ccncc1.c1ccncc1.c1ccncc1. The summed E-state index contributed by atoms with van der Waals surface area (Å²) < 4.78 is 0. The normalized spacial score (nSPS) is 7.00. The average molecular weight is 1120 g/mol. The van der Waals surface area contributed by atoms with Crippen LogP contribution in [0.15, 0.2) is 214 Å². The molecule has 247 valence electrons. The summed E-state index contributed by atoms with van der Waals surface area (Å²) >= 11 is 0. The zero-order valence-electron chi connectivity index (χ0n) is 26.4. The summed E-state index contributed by atoms with van der Waals surface area (Å²) in [5.74, 6) is 0. The molecule has 0 N–H and O–H groups in total. The standard InChI is InChI=1S/7C5H5N.2HI.K.Np.2O/c7*1-2-4-6-5-3-1;;;;;;/h7*1-5H;2*1H;;;;/q;;;;;;;;;+1;;2*-2/p-2. The van der Waals surface area contributed by atoms with Crippen molar-refractivity contribution in [2.75, 3.05) is 0 Å². The molecule has 0 bridgehead atoms. The number of nitrogens with zero attached hydrogens (tertiary/aromatic N) is 7. The zero-order chi connectivity index (χ0) is 29.7. The molecule has 0 saturated heterocycles. The van der Waals surface area contributed by atoms with Crippen LogP contribution in [0.4, 0.5) is 0 Å². The van der Waals surface area contributed by atoms with Crippen LogP contribution < -0.4 is 99.3 Å². The minimum atomic E-state index is 0. The number of rotatable bonds is 0. The van der Waals surface area contributed by atoms with Crippen LogP contribution >= 0.6 is 0 Å². The number of halogens is 2. The predicted molar refractivity (Wildman–Crippen MR) is 171 cm³/mol. The summed E-state index contributed by atoms with van der Waals surface area (Å²) in [5, 5.41) is 0. The molecule has 1 radical (unpaired) electrons. The fourth-order valence-corrected chi connectivity index (χ4v) is 2.19. The van der Waals surface area contributed by atoms with Crippen molar-refractivity contribution in [1.29, 1.82) is 0 Å². The summed E-state index contributed by atoms with van der Waals surface area (Å²) in [6.45, 7) is 0. The van der Waals surface area contributed by atoms with E-state index < -0.39 is 0 Å². The summed E-state index contributed by atoms with van der Waals surface area (Å²) in [6, 6.07) is 40.0. The van der Waals surface area contributed by atoms with Crippen molar-refractivity contribution in [3.63, 3.8) is 0 Å². The molecule has 0 aromatic carbocycles. The molecule has 0 aliphatic rings. The zero-order valence-corrected chi connectivity index (χ0v) is 37.5. The topological polar surface area (TPSA) is 147 Å². The van der Waals surface area contributed by atoms with Crippen LogP contribution in [0.5, 0.6) is 0 Å². The van der Waals surface area contributed by atoms with Crippen molar-refractivity contribution in [3.05, 3.63) is 214 Å². The summed E-state index contributed by atoms with van der Waals surface area (Å²) in [5.41, 5.74) is 0. The minimum absolute atomic E-state index is 0. The fraction of sp³-hybridized carbons (Fsp3) is 0. The Morgan fingerprint density at radius 3 is 0.292 bits per heavy atom. The first-order chi connectivity index (χ1) is 21.0. The van der Waals surface area contributed by atoms with E-state index in [2.05, 4.69) is 34.9 Å². The Bertz CT molecular complexity index is 878. The maximum Gasteiger partial charge on any atom is 1.00 e. The second kappa shape index (κ2) is 54.5. The van der Waals surface area contributed by atoms with E-state index in [-0.39, 0.29) is 140 Å². The quantitative estimate of drug-likeness (QED) is 0.131. The van der Waals surface area contributed by atoms with Gasteiger partial charge < -0.3 is 58.9 Å². The smallest absolute Gasteiger partial charge is 1.00 e. The summed E-state index contributed by atoms with van der Waals surface area (Å²) in [6.07, 6.45) is 24.5. The first-order valence-electron chi connectivity index (χ1n) is 12.9. The van der Waals surface area contributed by atoms with Crippen LogP contribution in [-0.4, -0.2) is 34.9 Å². The Hall–Kier alpha value is -1.92. The molecule has 7 aromatic heterocycles. The second-order valence-electron chi connectivity index (χ2n) is 7.17. The summed E-state index contributed by atoms with van der Waals surface area (Å²) in [4.78, 5) is 26.5. The van der Waals surface area contributed by atoms with E-state index >= 15 is 0 Å². The molecule has 7 heterocycles. The van der Waals surface area contributed by atoms with Crippen LogP contribution in [-0.2, 0) is 11.0 Å². The van der Waals surface area contributed by atoms with E-state index in [1.54, 1.807) is 86.8 Å². The first-order valence-corrected chi connectivity index (χ1v) is 12.9. The Morgan fingerprint density at radius 2 is 0.271 bits per heavy atom. The van der Waals surface area contributed by atoms with Gasteiger partial charge in [0.2, 0.25) is 0 Å². The van der Waals surface area contributed by atoms with Gasteiger partial charge in [-0.25, -0.2) is 0 Å². The van der Waals surface area contributed by atoms with Gasteiger partial charge in [-0.3, -0.25) is 34.9 Å². The molecule has 0 aliphatic carbocycles. The molecular weight excluding hydrogens is 1080 g/mol. The van der Waals surface area contributed by atoms with Gasteiger partial charge in [0.25, 0.3) is 0 Å². The average Bonchev–Trinajstić information content (AvgIpc) is 3.15. The summed E-state index contributed by atoms with van der Waals surface area (Å²) in [7, 11) is 0. The largest absolute Gasteiger partial charge is 2.00 e. The minimum Gasteiger partial charge on any atom is -2.00 e. The van der Waals surface area contributed by atoms with Crippen molar-refractivity contribution in [1.82, 2.24) is 34.9 Å². The van der Waals surface area contributed by atoms with Crippen molar-refractivity contribution in [2.24, 2.45) is 0 Å². The third-order valence-electron chi connectivity index (χ3n) is 3.97. The molecule has 13 heteroatoms. The van der Waals surface area contributed by atoms with E-state index in [1.165, 1.54) is 0 Å². The molecule has 0 amide bonds. The molecule has 0 atom stereocenters. The predicted octanol–water partition coefficient (Wildman–Crippen LogP) is -1.65. The number of aromatic nitrogens is 7. The third-order valence-corrected chi connectivity index (χ3v) is 3.97. The van der Waals surface area contributed by atoms with Crippen LogP contribution in [0.3, 0.4) is 0 Å². The van der Waals surface area contributed by atoms with Gasteiger partial charge in [0.15, 0.2) is 0 Å². The van der Waals surface area contributed by atoms with Gasteiger partial charge >= 0.3 is 51.4 Å². The Balaban J connectivity index is -0.000000105. The van der Waals surface area contributed by atoms with Gasteiger partial charge in [0, 0.05) is 117 Å². The van der Waals surface area contributed by atoms with E-state index in [0.29, 0.717) is 0 Å². The van der Waals surface area contributed by atoms with Crippen molar-refractivity contribution in [3.8, 4) is 0 Å². The Labute approximate surface area is 383 Å². The molecular formula is C35H35I2KN7NpO2-5. The molecule has 0 spiro atoms. The molecule has 0 saturated carbocycles. The Kier molecular flexibility index (Phi) is 66.2. The van der Waals surface area contributed by atoms with Crippen molar-refractivity contribution >= 4 is 0 Å². The van der Waals surface area contributed by atoms with Gasteiger partial charge in [0.1, 0.15) is 0 Å². The van der Waals surface area contributed by atoms with Gasteiger partial charge in [-0.2, -0.15) is 0 Å². The maximum atomic E-state index is 3.78. The molecule has 0 aliphatic heterocycles. The monoisotopic (exact) mass is 1110 g/mol. The molecule has 48 heavy (non-hydrogen) atoms. The number of hydrogen-bond acceptors (Lipinski definition) is 7. The molecule has 7 aromatic rings. The molecule has 9 nitrogen and oxygen atoms in total. The van der Waals surface area contributed by atoms with Crippen LogP contribution in [0.25, 0.3) is 0 Å². The van der Waals surface area contributed by atoms with Gasteiger partial charge in [-0.1, -0.05) is 42.5 Å². The first kappa shape index (κ1) is 58.3. The van der Waals surface area contributed by atoms with Crippen LogP contribution in [0.1, 0.15) is 0 Å². The third kappa shape index (κ3) is 50.9. The molecule has 7 rings (SSSR count). The van der Waals surface area contributed by atoms with E-state index in [4.69, 9.17) is 0 Å². The van der Waals surface area contributed by atoms with Gasteiger partial charge in [0.05, 0.1) is 0 Å². The van der Waals surface area contributed by atoms with Crippen LogP contribution in [0, 0.1) is 29.9 Å². The molecule has 0 unspecified atom stereocenters. The van der Waals surface area contributed by atoms with E-state index in [0.717, 1.165) is 0 Å². The maximum absolute atomic E-state index is 3.78. The van der Waals surface area contributed by atoms with E-state index in [1.807, 2.05) is 127 Å². The molecule has 0 fully saturated rings. The number of hydrogen-bond donors (Lipinski definition) is 0. The van der Waals surface area contributed by atoms with Gasteiger partial charge in [-0.15, -0.1) is 0 Å². The fourth-order valence-electron chi connectivity index (χ4n) is 2.19. The Morgan fingerprint density at radius 1 is 0.188 bits per heavy atom. The van der Waals surface area contributed by atoms with Crippen molar-refractivity contribution < 1.29 is 140 Å².